The van der Waals surface area contributed by atoms with Gasteiger partial charge in [0, 0.05) is 39.0 Å². The van der Waals surface area contributed by atoms with E-state index in [-0.39, 0.29) is 12.2 Å². The molecule has 0 fully saturated rings. The highest BCUT2D eigenvalue weighted by molar-refractivity contribution is 6.32. The zero-order valence-electron chi connectivity index (χ0n) is 14.7. The molecular weight excluding hydrogens is 382 g/mol. The summed E-state index contributed by atoms with van der Waals surface area (Å²) in [6, 6.07) is 12.7. The van der Waals surface area contributed by atoms with E-state index in [1.165, 1.54) is 12.1 Å². The van der Waals surface area contributed by atoms with E-state index in [9.17, 15) is 14.4 Å². The Morgan fingerprint density at radius 1 is 1.11 bits per heavy atom. The van der Waals surface area contributed by atoms with Crippen molar-refractivity contribution in [1.29, 1.82) is 0 Å². The van der Waals surface area contributed by atoms with Gasteiger partial charge < -0.3 is 14.1 Å². The van der Waals surface area contributed by atoms with Crippen LogP contribution < -0.4 is 11.2 Å². The fraction of sp³-hybridized carbons (Fsp3) is 0.0952. The number of ether oxygens (including phenoxy) is 1. The van der Waals surface area contributed by atoms with Crippen molar-refractivity contribution >= 4 is 39.4 Å². The van der Waals surface area contributed by atoms with Gasteiger partial charge in [0.25, 0.3) is 0 Å². The molecule has 0 atom stereocenters. The van der Waals surface area contributed by atoms with E-state index < -0.39 is 17.2 Å². The maximum absolute atomic E-state index is 12.6. The monoisotopic (exact) mass is 395 g/mol. The van der Waals surface area contributed by atoms with Gasteiger partial charge in [-0.2, -0.15) is 0 Å². The Bertz CT molecular complexity index is 1350. The number of pyridine rings is 1. The molecular formula is C21H14ClNO5. The van der Waals surface area contributed by atoms with Crippen molar-refractivity contribution < 1.29 is 13.9 Å². The normalized spacial score (nSPS) is 11.1. The van der Waals surface area contributed by atoms with Gasteiger partial charge in [-0.1, -0.05) is 29.8 Å². The highest BCUT2D eigenvalue weighted by Crippen LogP contribution is 2.26. The lowest BCUT2D eigenvalue weighted by Crippen LogP contribution is -2.13. The van der Waals surface area contributed by atoms with Crippen LogP contribution in [-0.4, -0.2) is 11.0 Å². The Labute approximate surface area is 163 Å². The largest absolute Gasteiger partial charge is 0.457 e. The van der Waals surface area contributed by atoms with Crippen LogP contribution >= 0.6 is 11.6 Å². The standard InChI is InChI=1S/C21H14ClNO5/c1-11-6-18-14(8-16(11)22)12(7-20(25)28-18)10-27-21(26)15-9-19(24)23-17-5-3-2-4-13(15)17/h2-9H,10H2,1H3,(H,23,24). The fourth-order valence-corrected chi connectivity index (χ4v) is 3.23. The van der Waals surface area contributed by atoms with Crippen LogP contribution in [0.1, 0.15) is 21.5 Å². The summed E-state index contributed by atoms with van der Waals surface area (Å²) in [6.07, 6.45) is 0. The van der Waals surface area contributed by atoms with Crippen LogP contribution in [0, 0.1) is 6.92 Å². The van der Waals surface area contributed by atoms with Gasteiger partial charge in [-0.3, -0.25) is 4.79 Å². The van der Waals surface area contributed by atoms with E-state index in [1.54, 1.807) is 43.3 Å². The molecule has 0 amide bonds. The highest BCUT2D eigenvalue weighted by Gasteiger charge is 2.15. The Kier molecular flexibility index (Phi) is 4.49. The summed E-state index contributed by atoms with van der Waals surface area (Å²) in [7, 11) is 0. The van der Waals surface area contributed by atoms with Gasteiger partial charge in [0.05, 0.1) is 5.56 Å². The van der Waals surface area contributed by atoms with Gasteiger partial charge >= 0.3 is 11.6 Å². The number of hydrogen-bond acceptors (Lipinski definition) is 5. The minimum atomic E-state index is -0.665. The van der Waals surface area contributed by atoms with Crippen molar-refractivity contribution in [2.75, 3.05) is 0 Å². The lowest BCUT2D eigenvalue weighted by atomic mass is 10.1. The van der Waals surface area contributed by atoms with Crippen molar-refractivity contribution in [1.82, 2.24) is 4.98 Å². The number of esters is 1. The zero-order valence-corrected chi connectivity index (χ0v) is 15.5. The first-order valence-electron chi connectivity index (χ1n) is 8.44. The number of halogens is 1. The highest BCUT2D eigenvalue weighted by atomic mass is 35.5. The molecule has 1 N–H and O–H groups in total. The van der Waals surface area contributed by atoms with E-state index in [0.29, 0.717) is 32.5 Å². The third-order valence-electron chi connectivity index (χ3n) is 4.44. The first kappa shape index (κ1) is 18.0. The van der Waals surface area contributed by atoms with E-state index in [0.717, 1.165) is 5.56 Å². The number of aromatic amines is 1. The summed E-state index contributed by atoms with van der Waals surface area (Å²) in [5, 5.41) is 1.66. The average molecular weight is 396 g/mol. The zero-order chi connectivity index (χ0) is 19.8. The predicted octanol–water partition coefficient (Wildman–Crippen LogP) is 3.95. The van der Waals surface area contributed by atoms with Crippen LogP contribution in [0.4, 0.5) is 0 Å². The molecule has 0 aliphatic heterocycles. The number of hydrogen-bond donors (Lipinski definition) is 1. The molecule has 2 aromatic carbocycles. The number of benzene rings is 2. The molecule has 0 aliphatic rings. The summed E-state index contributed by atoms with van der Waals surface area (Å²) in [5.41, 5.74) is 1.33. The number of para-hydroxylation sites is 1. The second-order valence-corrected chi connectivity index (χ2v) is 6.76. The third-order valence-corrected chi connectivity index (χ3v) is 4.85. The van der Waals surface area contributed by atoms with Crippen LogP contribution in [0.5, 0.6) is 0 Å². The van der Waals surface area contributed by atoms with Crippen molar-refractivity contribution in [2.24, 2.45) is 0 Å². The molecule has 2 aromatic heterocycles. The second kappa shape index (κ2) is 6.98. The summed E-state index contributed by atoms with van der Waals surface area (Å²) < 4.78 is 10.6. The molecule has 0 saturated heterocycles. The number of H-pyrrole nitrogens is 1. The molecule has 4 rings (SSSR count). The number of aromatic nitrogens is 1. The first-order chi connectivity index (χ1) is 13.4. The number of carbonyl (C=O) groups is 1. The van der Waals surface area contributed by atoms with Crippen LogP contribution in [0.25, 0.3) is 21.9 Å². The summed E-state index contributed by atoms with van der Waals surface area (Å²) in [5.74, 6) is -0.665. The second-order valence-electron chi connectivity index (χ2n) is 6.36. The van der Waals surface area contributed by atoms with Gasteiger partial charge in [-0.05, 0) is 30.7 Å². The lowest BCUT2D eigenvalue weighted by Gasteiger charge is -2.10. The number of aryl methyl sites for hydroxylation is 1. The van der Waals surface area contributed by atoms with Crippen molar-refractivity contribution in [3.8, 4) is 0 Å². The van der Waals surface area contributed by atoms with Crippen LogP contribution in [0.2, 0.25) is 5.02 Å². The molecule has 4 aromatic rings. The minimum Gasteiger partial charge on any atom is -0.457 e. The lowest BCUT2D eigenvalue weighted by molar-refractivity contribution is 0.0476. The number of nitrogens with one attached hydrogen (secondary N) is 1. The van der Waals surface area contributed by atoms with E-state index in [1.807, 2.05) is 0 Å². The number of rotatable bonds is 3. The van der Waals surface area contributed by atoms with E-state index in [2.05, 4.69) is 4.98 Å². The Hall–Kier alpha value is -3.38. The summed E-state index contributed by atoms with van der Waals surface area (Å²) in [6.45, 7) is 1.63. The van der Waals surface area contributed by atoms with Gasteiger partial charge in [-0.15, -0.1) is 0 Å². The summed E-state index contributed by atoms with van der Waals surface area (Å²) >= 11 is 6.18. The molecule has 28 heavy (non-hydrogen) atoms. The summed E-state index contributed by atoms with van der Waals surface area (Å²) in [4.78, 5) is 39.0. The minimum absolute atomic E-state index is 0.153. The molecule has 0 aliphatic carbocycles. The SMILES string of the molecule is Cc1cc2oc(=O)cc(COC(=O)c3cc(=O)[nH]c4ccccc34)c2cc1Cl. The molecule has 0 bridgehead atoms. The van der Waals surface area contributed by atoms with Crippen molar-refractivity contribution in [2.45, 2.75) is 13.5 Å². The molecule has 0 spiro atoms. The number of carbonyl (C=O) groups excluding carboxylic acids is 1. The Balaban J connectivity index is 1.71. The van der Waals surface area contributed by atoms with Gasteiger partial charge in [0.1, 0.15) is 12.2 Å². The van der Waals surface area contributed by atoms with Gasteiger partial charge in [-0.25, -0.2) is 9.59 Å². The van der Waals surface area contributed by atoms with E-state index >= 15 is 0 Å². The predicted molar refractivity (Wildman–Crippen MR) is 106 cm³/mol. The molecule has 7 heteroatoms. The molecule has 2 heterocycles. The molecule has 6 nitrogen and oxygen atoms in total. The molecule has 0 radical (unpaired) electrons. The topological polar surface area (TPSA) is 89.4 Å². The molecule has 0 unspecified atom stereocenters. The maximum atomic E-state index is 12.6. The Morgan fingerprint density at radius 3 is 2.71 bits per heavy atom. The average Bonchev–Trinajstić information content (AvgIpc) is 2.66. The number of fused-ring (bicyclic) bond motifs is 2. The van der Waals surface area contributed by atoms with Gasteiger partial charge in [0.2, 0.25) is 5.56 Å². The maximum Gasteiger partial charge on any atom is 0.339 e. The van der Waals surface area contributed by atoms with Crippen LogP contribution in [-0.2, 0) is 11.3 Å². The molecule has 140 valence electrons. The fourth-order valence-electron chi connectivity index (χ4n) is 3.06. The van der Waals surface area contributed by atoms with Gasteiger partial charge in [0.15, 0.2) is 0 Å². The third kappa shape index (κ3) is 3.30. The first-order valence-corrected chi connectivity index (χ1v) is 8.82. The quantitative estimate of drug-likeness (QED) is 0.419. The van der Waals surface area contributed by atoms with Crippen LogP contribution in [0.3, 0.4) is 0 Å². The van der Waals surface area contributed by atoms with Crippen molar-refractivity contribution in [3.05, 3.63) is 91.0 Å². The Morgan fingerprint density at radius 2 is 1.89 bits per heavy atom. The molecule has 0 saturated carbocycles. The smallest absolute Gasteiger partial charge is 0.339 e. The van der Waals surface area contributed by atoms with Crippen LogP contribution in [0.15, 0.2) is 62.5 Å². The van der Waals surface area contributed by atoms with E-state index in [4.69, 9.17) is 20.8 Å². The van der Waals surface area contributed by atoms with Crippen molar-refractivity contribution in [3.63, 3.8) is 0 Å².